The Morgan fingerprint density at radius 1 is 1.38 bits per heavy atom. The molecule has 0 radical (unpaired) electrons. The van der Waals surface area contributed by atoms with Crippen LogP contribution in [-0.2, 0) is 0 Å². The van der Waals surface area contributed by atoms with E-state index >= 15 is 0 Å². The van der Waals surface area contributed by atoms with Gasteiger partial charge >= 0.3 is 0 Å². The Balaban J connectivity index is 2.82. The predicted molar refractivity (Wildman–Crippen MR) is 73.6 cm³/mol. The fourth-order valence-corrected chi connectivity index (χ4v) is 1.52. The van der Waals surface area contributed by atoms with Gasteiger partial charge in [-0.05, 0) is 25.0 Å². The summed E-state index contributed by atoms with van der Waals surface area (Å²) in [6.45, 7) is 10.7. The molecule has 0 aromatic heterocycles. The Morgan fingerprint density at radius 2 is 2.12 bits per heavy atom. The highest BCUT2D eigenvalue weighted by Crippen LogP contribution is 2.23. The van der Waals surface area contributed by atoms with Gasteiger partial charge in [0.05, 0.1) is 0 Å². The summed E-state index contributed by atoms with van der Waals surface area (Å²) in [6, 6.07) is 8.22. The van der Waals surface area contributed by atoms with Crippen LogP contribution in [0, 0.1) is 0 Å². The first-order valence-electron chi connectivity index (χ1n) is 5.55. The van der Waals surface area contributed by atoms with E-state index in [1.54, 1.807) is 0 Å². The number of hydrogen-bond donors (Lipinski definition) is 1. The number of nitrogens with one attached hydrogen (secondary N) is 1. The third-order valence-corrected chi connectivity index (χ3v) is 2.30. The van der Waals surface area contributed by atoms with E-state index in [1.807, 2.05) is 37.3 Å². The molecule has 1 nitrogen and oxygen atoms in total. The third kappa shape index (κ3) is 3.43. The van der Waals surface area contributed by atoms with Gasteiger partial charge in [-0.2, -0.15) is 0 Å². The fourth-order valence-electron chi connectivity index (χ4n) is 1.52. The summed E-state index contributed by atoms with van der Waals surface area (Å²) in [5.41, 5.74) is 3.32. The van der Waals surface area contributed by atoms with Crippen LogP contribution < -0.4 is 5.32 Å². The van der Waals surface area contributed by atoms with E-state index in [-0.39, 0.29) is 0 Å². The van der Waals surface area contributed by atoms with Gasteiger partial charge in [-0.3, -0.25) is 0 Å². The van der Waals surface area contributed by atoms with Gasteiger partial charge in [-0.15, -0.1) is 6.58 Å². The topological polar surface area (TPSA) is 12.0 Å². The monoisotopic (exact) mass is 213 g/mol. The number of rotatable bonds is 6. The van der Waals surface area contributed by atoms with Crippen molar-refractivity contribution in [1.82, 2.24) is 0 Å². The van der Waals surface area contributed by atoms with Crippen LogP contribution in [0.5, 0.6) is 0 Å². The molecule has 0 bridgehead atoms. The third-order valence-electron chi connectivity index (χ3n) is 2.30. The van der Waals surface area contributed by atoms with Gasteiger partial charge < -0.3 is 5.32 Å². The van der Waals surface area contributed by atoms with Crippen molar-refractivity contribution in [2.24, 2.45) is 0 Å². The average Bonchev–Trinajstić information content (AvgIpc) is 2.30. The molecule has 1 rings (SSSR count). The van der Waals surface area contributed by atoms with E-state index in [4.69, 9.17) is 0 Å². The number of hydrogen-bond acceptors (Lipinski definition) is 1. The standard InChI is InChI=1S/C15H19N/c1-4-6-12-16-15-11-8-7-10-14(15)13(3)9-5-2/h4-5,7-11,16H,1,3,6,12H2,2H3/b9-5-. The van der Waals surface area contributed by atoms with Crippen molar-refractivity contribution in [3.63, 3.8) is 0 Å². The van der Waals surface area contributed by atoms with Crippen molar-refractivity contribution in [3.05, 3.63) is 61.2 Å². The van der Waals surface area contributed by atoms with Crippen molar-refractivity contribution in [3.8, 4) is 0 Å². The van der Waals surface area contributed by atoms with E-state index in [0.29, 0.717) is 0 Å². The van der Waals surface area contributed by atoms with Crippen LogP contribution in [0.3, 0.4) is 0 Å². The molecule has 0 unspecified atom stereocenters. The Labute approximate surface area is 98.2 Å². The van der Waals surface area contributed by atoms with Crippen LogP contribution in [0.2, 0.25) is 0 Å². The van der Waals surface area contributed by atoms with Gasteiger partial charge in [0.2, 0.25) is 0 Å². The minimum Gasteiger partial charge on any atom is -0.384 e. The molecule has 1 N–H and O–H groups in total. The Morgan fingerprint density at radius 3 is 2.81 bits per heavy atom. The van der Waals surface area contributed by atoms with Crippen molar-refractivity contribution < 1.29 is 0 Å². The molecular weight excluding hydrogens is 194 g/mol. The first kappa shape index (κ1) is 12.3. The smallest absolute Gasteiger partial charge is 0.0419 e. The first-order chi connectivity index (χ1) is 7.79. The Hall–Kier alpha value is -1.76. The zero-order valence-corrected chi connectivity index (χ0v) is 9.87. The molecule has 0 atom stereocenters. The summed E-state index contributed by atoms with van der Waals surface area (Å²) in [6.07, 6.45) is 6.90. The molecule has 0 fully saturated rings. The van der Waals surface area contributed by atoms with Gasteiger partial charge in [0.1, 0.15) is 0 Å². The lowest BCUT2D eigenvalue weighted by atomic mass is 10.0. The molecule has 0 saturated carbocycles. The molecule has 16 heavy (non-hydrogen) atoms. The average molecular weight is 213 g/mol. The lowest BCUT2D eigenvalue weighted by Crippen LogP contribution is -2.02. The summed E-state index contributed by atoms with van der Waals surface area (Å²) >= 11 is 0. The second-order valence-electron chi connectivity index (χ2n) is 3.57. The van der Waals surface area contributed by atoms with Crippen LogP contribution in [0.4, 0.5) is 5.69 Å². The normalized spacial score (nSPS) is 10.3. The lowest BCUT2D eigenvalue weighted by Gasteiger charge is -2.11. The molecule has 1 aromatic rings. The van der Waals surface area contributed by atoms with E-state index in [2.05, 4.69) is 30.6 Å². The van der Waals surface area contributed by atoms with Crippen LogP contribution in [0.15, 0.2) is 55.7 Å². The molecule has 0 aliphatic carbocycles. The highest BCUT2D eigenvalue weighted by molar-refractivity contribution is 5.80. The Bertz CT molecular complexity index is 388. The summed E-state index contributed by atoms with van der Waals surface area (Å²) in [5.74, 6) is 0. The number of benzene rings is 1. The van der Waals surface area contributed by atoms with Crippen LogP contribution >= 0.6 is 0 Å². The predicted octanol–water partition coefficient (Wildman–Crippen LogP) is 4.26. The maximum atomic E-state index is 4.06. The molecule has 0 aliphatic heterocycles. The first-order valence-corrected chi connectivity index (χ1v) is 5.55. The molecule has 1 aromatic carbocycles. The molecule has 84 valence electrons. The zero-order valence-electron chi connectivity index (χ0n) is 9.87. The largest absolute Gasteiger partial charge is 0.384 e. The van der Waals surface area contributed by atoms with Crippen molar-refractivity contribution in [2.45, 2.75) is 13.3 Å². The van der Waals surface area contributed by atoms with Gasteiger partial charge in [-0.1, -0.05) is 43.0 Å². The van der Waals surface area contributed by atoms with Crippen LogP contribution in [-0.4, -0.2) is 6.54 Å². The van der Waals surface area contributed by atoms with Gasteiger partial charge in [0.25, 0.3) is 0 Å². The summed E-state index contributed by atoms with van der Waals surface area (Å²) in [5, 5.41) is 3.39. The minimum absolute atomic E-state index is 0.906. The highest BCUT2D eigenvalue weighted by atomic mass is 14.9. The van der Waals surface area contributed by atoms with Gasteiger partial charge in [0, 0.05) is 17.8 Å². The minimum atomic E-state index is 0.906. The van der Waals surface area contributed by atoms with E-state index < -0.39 is 0 Å². The maximum absolute atomic E-state index is 4.06. The zero-order chi connectivity index (χ0) is 11.8. The van der Waals surface area contributed by atoms with Crippen molar-refractivity contribution in [2.75, 3.05) is 11.9 Å². The Kier molecular flexibility index (Phi) is 5.13. The summed E-state index contributed by atoms with van der Waals surface area (Å²) < 4.78 is 0. The maximum Gasteiger partial charge on any atom is 0.0419 e. The van der Waals surface area contributed by atoms with Crippen LogP contribution in [0.1, 0.15) is 18.9 Å². The molecule has 1 heteroatoms. The second kappa shape index (κ2) is 6.67. The second-order valence-corrected chi connectivity index (χ2v) is 3.57. The number of anilines is 1. The molecule has 0 saturated heterocycles. The fraction of sp³-hybridized carbons (Fsp3) is 0.200. The summed E-state index contributed by atoms with van der Waals surface area (Å²) in [7, 11) is 0. The molecule has 0 spiro atoms. The van der Waals surface area contributed by atoms with E-state index in [0.717, 1.165) is 29.8 Å². The lowest BCUT2D eigenvalue weighted by molar-refractivity contribution is 1.07. The van der Waals surface area contributed by atoms with E-state index in [1.165, 1.54) is 0 Å². The SMILES string of the molecule is C=CCCNc1ccccc1C(=C)/C=C\C. The van der Waals surface area contributed by atoms with E-state index in [9.17, 15) is 0 Å². The van der Waals surface area contributed by atoms with Gasteiger partial charge in [0.15, 0.2) is 0 Å². The van der Waals surface area contributed by atoms with Gasteiger partial charge in [-0.25, -0.2) is 0 Å². The molecule has 0 aliphatic rings. The molecule has 0 heterocycles. The van der Waals surface area contributed by atoms with Crippen LogP contribution in [0.25, 0.3) is 5.57 Å². The van der Waals surface area contributed by atoms with Crippen molar-refractivity contribution in [1.29, 1.82) is 0 Å². The van der Waals surface area contributed by atoms with Crippen molar-refractivity contribution >= 4 is 11.3 Å². The highest BCUT2D eigenvalue weighted by Gasteiger charge is 2.01. The molecular formula is C15H19N. The number of allylic oxidation sites excluding steroid dienone is 3. The quantitative estimate of drug-likeness (QED) is 0.423. The molecule has 0 amide bonds. The summed E-state index contributed by atoms with van der Waals surface area (Å²) in [4.78, 5) is 0. The number of para-hydroxylation sites is 1.